The molecule has 0 saturated carbocycles. The maximum absolute atomic E-state index is 13.1. The third kappa shape index (κ3) is 5.88. The zero-order valence-electron chi connectivity index (χ0n) is 17.5. The van der Waals surface area contributed by atoms with Gasteiger partial charge >= 0.3 is 0 Å². The van der Waals surface area contributed by atoms with E-state index >= 15 is 0 Å². The summed E-state index contributed by atoms with van der Waals surface area (Å²) in [6.07, 6.45) is 0.579. The van der Waals surface area contributed by atoms with Crippen molar-refractivity contribution in [3.8, 4) is 10.6 Å². The second-order valence-electron chi connectivity index (χ2n) is 7.17. The molecule has 2 aromatic carbocycles. The van der Waals surface area contributed by atoms with Crippen LogP contribution in [0.2, 0.25) is 5.02 Å². The van der Waals surface area contributed by atoms with Crippen LogP contribution in [0, 0.1) is 21.8 Å². The highest BCUT2D eigenvalue weighted by molar-refractivity contribution is 7.18. The molecule has 0 fully saturated rings. The van der Waals surface area contributed by atoms with E-state index in [1.165, 1.54) is 24.3 Å². The van der Waals surface area contributed by atoms with E-state index in [4.69, 9.17) is 11.6 Å². The van der Waals surface area contributed by atoms with Crippen LogP contribution in [0.15, 0.2) is 42.5 Å². The summed E-state index contributed by atoms with van der Waals surface area (Å²) in [5.41, 5.74) is 0.239. The third-order valence-corrected chi connectivity index (χ3v) is 6.14. The second kappa shape index (κ2) is 10.5. The van der Waals surface area contributed by atoms with Crippen molar-refractivity contribution in [3.05, 3.63) is 69.0 Å². The molecule has 0 aliphatic carbocycles. The summed E-state index contributed by atoms with van der Waals surface area (Å²) in [6, 6.07) is 8.42. The van der Waals surface area contributed by atoms with Crippen LogP contribution < -0.4 is 10.6 Å². The van der Waals surface area contributed by atoms with Gasteiger partial charge in [0.25, 0.3) is 11.6 Å². The van der Waals surface area contributed by atoms with Crippen molar-refractivity contribution in [2.24, 2.45) is 5.92 Å². The van der Waals surface area contributed by atoms with E-state index in [-0.39, 0.29) is 27.5 Å². The number of carbonyl (C=O) groups excluding carboxylic acids is 2. The number of hydrogen-bond acceptors (Lipinski definition) is 7. The standard InChI is InChI=1S/C21H19ClFN5O4S/c1-3-11(2)17(24-18(29)13-6-9-15(22)16(10-13)28(31)32)19(30)25-21-27-26-20(33-21)12-4-7-14(23)8-5-12/h4-11,17H,3H2,1-2H3,(H,24,29)(H,25,27,30). The Morgan fingerprint density at radius 1 is 1.21 bits per heavy atom. The Hall–Kier alpha value is -3.44. The van der Waals surface area contributed by atoms with Gasteiger partial charge in [0.1, 0.15) is 21.9 Å². The Morgan fingerprint density at radius 2 is 1.91 bits per heavy atom. The highest BCUT2D eigenvalue weighted by atomic mass is 35.5. The first kappa shape index (κ1) is 24.2. The van der Waals surface area contributed by atoms with Gasteiger partial charge in [-0.2, -0.15) is 0 Å². The summed E-state index contributed by atoms with van der Waals surface area (Å²) in [5.74, 6) is -1.79. The molecule has 0 aliphatic heterocycles. The van der Waals surface area contributed by atoms with Gasteiger partial charge in [-0.3, -0.25) is 25.0 Å². The van der Waals surface area contributed by atoms with Crippen LogP contribution in [0.25, 0.3) is 10.6 Å². The molecule has 3 aromatic rings. The minimum atomic E-state index is -0.935. The van der Waals surface area contributed by atoms with Gasteiger partial charge in [0.2, 0.25) is 11.0 Å². The largest absolute Gasteiger partial charge is 0.340 e. The molecule has 2 atom stereocenters. The van der Waals surface area contributed by atoms with E-state index in [0.717, 1.165) is 17.4 Å². The van der Waals surface area contributed by atoms with E-state index < -0.39 is 28.5 Å². The number of nitrogens with zero attached hydrogens (tertiary/aromatic N) is 3. The average molecular weight is 492 g/mol. The fourth-order valence-corrected chi connectivity index (χ4v) is 3.82. The van der Waals surface area contributed by atoms with Crippen molar-refractivity contribution in [2.45, 2.75) is 26.3 Å². The second-order valence-corrected chi connectivity index (χ2v) is 8.55. The predicted octanol–water partition coefficient (Wildman–Crippen LogP) is 4.69. The van der Waals surface area contributed by atoms with Gasteiger partial charge < -0.3 is 5.32 Å². The Morgan fingerprint density at radius 3 is 2.55 bits per heavy atom. The number of nitro groups is 1. The number of anilines is 1. The number of nitrogens with one attached hydrogen (secondary N) is 2. The molecular formula is C21H19ClFN5O4S. The number of carbonyl (C=O) groups is 2. The normalized spacial score (nSPS) is 12.6. The average Bonchev–Trinajstić information content (AvgIpc) is 3.25. The highest BCUT2D eigenvalue weighted by Gasteiger charge is 2.28. The summed E-state index contributed by atoms with van der Waals surface area (Å²) in [4.78, 5) is 36.1. The Kier molecular flexibility index (Phi) is 7.67. The molecule has 0 aliphatic rings. The number of benzene rings is 2. The summed E-state index contributed by atoms with van der Waals surface area (Å²) < 4.78 is 13.1. The maximum Gasteiger partial charge on any atom is 0.288 e. The Bertz CT molecular complexity index is 1190. The van der Waals surface area contributed by atoms with Gasteiger partial charge in [-0.05, 0) is 42.3 Å². The molecule has 1 aromatic heterocycles. The first-order valence-electron chi connectivity index (χ1n) is 9.84. The van der Waals surface area contributed by atoms with E-state index in [9.17, 15) is 24.1 Å². The smallest absolute Gasteiger partial charge is 0.288 e. The number of halogens is 2. The lowest BCUT2D eigenvalue weighted by Gasteiger charge is -2.23. The van der Waals surface area contributed by atoms with Crippen LogP contribution >= 0.6 is 22.9 Å². The lowest BCUT2D eigenvalue weighted by molar-refractivity contribution is -0.384. The van der Waals surface area contributed by atoms with Crippen LogP contribution in [0.4, 0.5) is 15.2 Å². The van der Waals surface area contributed by atoms with Crippen molar-refractivity contribution in [2.75, 3.05) is 5.32 Å². The molecule has 0 radical (unpaired) electrons. The van der Waals surface area contributed by atoms with Crippen LogP contribution in [-0.4, -0.2) is 33.0 Å². The molecule has 12 heteroatoms. The molecule has 2 unspecified atom stereocenters. The first-order chi connectivity index (χ1) is 15.7. The quantitative estimate of drug-likeness (QED) is 0.347. The third-order valence-electron chi connectivity index (χ3n) is 4.93. The number of rotatable bonds is 8. The van der Waals surface area contributed by atoms with Crippen molar-refractivity contribution >= 4 is 45.6 Å². The lowest BCUT2D eigenvalue weighted by Crippen LogP contribution is -2.47. The highest BCUT2D eigenvalue weighted by Crippen LogP contribution is 2.27. The molecule has 1 heterocycles. The predicted molar refractivity (Wildman–Crippen MR) is 123 cm³/mol. The molecular weight excluding hydrogens is 473 g/mol. The first-order valence-corrected chi connectivity index (χ1v) is 11.0. The Labute approximate surface area is 197 Å². The molecule has 0 saturated heterocycles. The van der Waals surface area contributed by atoms with Gasteiger partial charge in [-0.1, -0.05) is 43.2 Å². The van der Waals surface area contributed by atoms with Crippen LogP contribution in [0.1, 0.15) is 30.6 Å². The van der Waals surface area contributed by atoms with E-state index in [1.807, 2.05) is 6.92 Å². The Balaban J connectivity index is 1.76. The lowest BCUT2D eigenvalue weighted by atomic mass is 9.98. The summed E-state index contributed by atoms with van der Waals surface area (Å²) in [5, 5.41) is 24.9. The van der Waals surface area contributed by atoms with E-state index in [0.29, 0.717) is 17.0 Å². The molecule has 3 rings (SSSR count). The minimum Gasteiger partial charge on any atom is -0.340 e. The van der Waals surface area contributed by atoms with Crippen molar-refractivity contribution in [3.63, 3.8) is 0 Å². The van der Waals surface area contributed by atoms with Crippen molar-refractivity contribution in [1.29, 1.82) is 0 Å². The molecule has 9 nitrogen and oxygen atoms in total. The van der Waals surface area contributed by atoms with Gasteiger partial charge in [-0.15, -0.1) is 10.2 Å². The van der Waals surface area contributed by atoms with E-state index in [1.54, 1.807) is 19.1 Å². The number of nitro benzene ring substituents is 1. The summed E-state index contributed by atoms with van der Waals surface area (Å²) >= 11 is 6.90. The van der Waals surface area contributed by atoms with Crippen LogP contribution in [-0.2, 0) is 4.79 Å². The van der Waals surface area contributed by atoms with Gasteiger partial charge in [0, 0.05) is 17.2 Å². The molecule has 0 spiro atoms. The SMILES string of the molecule is CCC(C)C(NC(=O)c1ccc(Cl)c([N+](=O)[O-])c1)C(=O)Nc1nnc(-c2ccc(F)cc2)s1. The summed E-state index contributed by atoms with van der Waals surface area (Å²) in [6.45, 7) is 3.65. The molecule has 0 bridgehead atoms. The van der Waals surface area contributed by atoms with Gasteiger partial charge in [-0.25, -0.2) is 4.39 Å². The molecule has 2 amide bonds. The summed E-state index contributed by atoms with van der Waals surface area (Å²) in [7, 11) is 0. The number of amides is 2. The van der Waals surface area contributed by atoms with Gasteiger partial charge in [0.15, 0.2) is 0 Å². The fraction of sp³-hybridized carbons (Fsp3) is 0.238. The fourth-order valence-electron chi connectivity index (χ4n) is 2.89. The minimum absolute atomic E-state index is 0.00159. The molecule has 172 valence electrons. The molecule has 33 heavy (non-hydrogen) atoms. The van der Waals surface area contributed by atoms with Crippen molar-refractivity contribution < 1.29 is 18.9 Å². The van der Waals surface area contributed by atoms with Crippen LogP contribution in [0.3, 0.4) is 0 Å². The maximum atomic E-state index is 13.1. The monoisotopic (exact) mass is 491 g/mol. The number of aromatic nitrogens is 2. The van der Waals surface area contributed by atoms with Crippen LogP contribution in [0.5, 0.6) is 0 Å². The molecule has 2 N–H and O–H groups in total. The zero-order valence-corrected chi connectivity index (χ0v) is 19.1. The van der Waals surface area contributed by atoms with Gasteiger partial charge in [0.05, 0.1) is 4.92 Å². The van der Waals surface area contributed by atoms with Crippen molar-refractivity contribution in [1.82, 2.24) is 15.5 Å². The number of hydrogen-bond donors (Lipinski definition) is 2. The zero-order chi connectivity index (χ0) is 24.1. The topological polar surface area (TPSA) is 127 Å². The van der Waals surface area contributed by atoms with E-state index in [2.05, 4.69) is 20.8 Å².